The van der Waals surface area contributed by atoms with E-state index in [0.29, 0.717) is 5.56 Å². The molecular weight excluding hydrogens is 254 g/mol. The molecule has 1 aromatic rings. The molecule has 0 amide bonds. The van der Waals surface area contributed by atoms with Crippen LogP contribution in [0.1, 0.15) is 35.8 Å². The van der Waals surface area contributed by atoms with Crippen LogP contribution in [0.3, 0.4) is 0 Å². The van der Waals surface area contributed by atoms with Gasteiger partial charge in [-0.25, -0.2) is 4.79 Å². The van der Waals surface area contributed by atoms with Gasteiger partial charge in [0.25, 0.3) is 0 Å². The highest BCUT2D eigenvalue weighted by molar-refractivity contribution is 5.89. The van der Waals surface area contributed by atoms with Gasteiger partial charge < -0.3 is 15.6 Å². The third-order valence-electron chi connectivity index (χ3n) is 2.77. The minimum Gasteiger partial charge on any atom is -0.465 e. The van der Waals surface area contributed by atoms with Crippen LogP contribution in [-0.2, 0) is 4.74 Å². The molecule has 18 heavy (non-hydrogen) atoms. The molecular formula is C13H20ClNO3. The van der Waals surface area contributed by atoms with Crippen LogP contribution in [0.25, 0.3) is 0 Å². The number of aliphatic hydroxyl groups is 1. The summed E-state index contributed by atoms with van der Waals surface area (Å²) < 4.78 is 4.60. The monoisotopic (exact) mass is 273 g/mol. The molecule has 102 valence electrons. The van der Waals surface area contributed by atoms with Crippen LogP contribution in [-0.4, -0.2) is 24.3 Å². The van der Waals surface area contributed by atoms with E-state index in [-0.39, 0.29) is 24.3 Å². The molecule has 0 aliphatic carbocycles. The van der Waals surface area contributed by atoms with E-state index in [1.165, 1.54) is 7.11 Å². The van der Waals surface area contributed by atoms with Crippen molar-refractivity contribution in [3.05, 3.63) is 35.4 Å². The molecule has 0 heterocycles. The molecule has 0 saturated heterocycles. The molecule has 0 bridgehead atoms. The molecule has 0 spiro atoms. The summed E-state index contributed by atoms with van der Waals surface area (Å²) in [7, 11) is 1.34. The van der Waals surface area contributed by atoms with Gasteiger partial charge >= 0.3 is 5.97 Å². The van der Waals surface area contributed by atoms with E-state index in [0.717, 1.165) is 5.56 Å². The summed E-state index contributed by atoms with van der Waals surface area (Å²) in [5.74, 6) is -0.292. The number of esters is 1. The molecule has 0 aromatic heterocycles. The lowest BCUT2D eigenvalue weighted by Crippen LogP contribution is -2.30. The van der Waals surface area contributed by atoms with Crippen LogP contribution < -0.4 is 5.73 Å². The fourth-order valence-electron chi connectivity index (χ4n) is 1.57. The van der Waals surface area contributed by atoms with Gasteiger partial charge in [-0.15, -0.1) is 12.4 Å². The lowest BCUT2D eigenvalue weighted by atomic mass is 9.94. The minimum atomic E-state index is -0.598. The summed E-state index contributed by atoms with van der Waals surface area (Å²) in [5.41, 5.74) is 7.21. The first kappa shape index (κ1) is 16.9. The zero-order chi connectivity index (χ0) is 13.0. The average Bonchev–Trinajstić information content (AvgIpc) is 2.36. The Morgan fingerprint density at radius 2 is 1.78 bits per heavy atom. The summed E-state index contributed by atoms with van der Waals surface area (Å²) in [6.45, 7) is 3.82. The molecule has 2 atom stereocenters. The summed E-state index contributed by atoms with van der Waals surface area (Å²) in [5, 5.41) is 9.86. The van der Waals surface area contributed by atoms with Gasteiger partial charge in [0.2, 0.25) is 0 Å². The van der Waals surface area contributed by atoms with E-state index in [4.69, 9.17) is 5.73 Å². The van der Waals surface area contributed by atoms with Crippen molar-refractivity contribution in [3.8, 4) is 0 Å². The van der Waals surface area contributed by atoms with Crippen molar-refractivity contribution in [1.82, 2.24) is 0 Å². The molecule has 1 rings (SSSR count). The van der Waals surface area contributed by atoms with E-state index in [1.54, 1.807) is 24.3 Å². The Bertz CT molecular complexity index is 378. The van der Waals surface area contributed by atoms with Crippen molar-refractivity contribution in [1.29, 1.82) is 0 Å². The molecule has 0 fully saturated rings. The highest BCUT2D eigenvalue weighted by Crippen LogP contribution is 2.20. The molecule has 5 heteroatoms. The van der Waals surface area contributed by atoms with Gasteiger partial charge in [0.1, 0.15) is 0 Å². The molecule has 1 aromatic carbocycles. The fourth-order valence-corrected chi connectivity index (χ4v) is 1.57. The Balaban J connectivity index is 0.00000289. The second kappa shape index (κ2) is 7.36. The van der Waals surface area contributed by atoms with Crippen molar-refractivity contribution >= 4 is 18.4 Å². The molecule has 0 aliphatic rings. The first-order chi connectivity index (χ1) is 7.97. The van der Waals surface area contributed by atoms with Crippen LogP contribution in [0.2, 0.25) is 0 Å². The molecule has 0 unspecified atom stereocenters. The Morgan fingerprint density at radius 3 is 2.17 bits per heavy atom. The lowest BCUT2D eigenvalue weighted by Gasteiger charge is -2.22. The van der Waals surface area contributed by atoms with E-state index < -0.39 is 12.1 Å². The second-order valence-electron chi connectivity index (χ2n) is 4.37. The summed E-state index contributed by atoms with van der Waals surface area (Å²) >= 11 is 0. The first-order valence-electron chi connectivity index (χ1n) is 5.59. The van der Waals surface area contributed by atoms with Gasteiger partial charge in [0.15, 0.2) is 0 Å². The Hall–Kier alpha value is -1.10. The van der Waals surface area contributed by atoms with Gasteiger partial charge in [-0.1, -0.05) is 26.0 Å². The number of hydrogen-bond acceptors (Lipinski definition) is 4. The minimum absolute atomic E-state index is 0. The standard InChI is InChI=1S/C13H19NO3.ClH/c1-8(2)12(15)11(14)9-4-6-10(7-5-9)13(16)17-3;/h4-8,11-12,15H,14H2,1-3H3;1H/t11-,12+;/m0./s1. The Kier molecular flexibility index (Phi) is 6.91. The Morgan fingerprint density at radius 1 is 1.28 bits per heavy atom. The third-order valence-corrected chi connectivity index (χ3v) is 2.77. The summed E-state index contributed by atoms with van der Waals surface area (Å²) in [6, 6.07) is 6.33. The molecule has 0 saturated carbocycles. The number of carbonyl (C=O) groups is 1. The number of nitrogens with two attached hydrogens (primary N) is 1. The molecule has 0 aliphatic heterocycles. The first-order valence-corrected chi connectivity index (χ1v) is 5.59. The number of hydrogen-bond donors (Lipinski definition) is 2. The summed E-state index contributed by atoms with van der Waals surface area (Å²) in [6.07, 6.45) is -0.598. The molecule has 4 nitrogen and oxygen atoms in total. The van der Waals surface area contributed by atoms with E-state index >= 15 is 0 Å². The highest BCUT2D eigenvalue weighted by atomic mass is 35.5. The second-order valence-corrected chi connectivity index (χ2v) is 4.37. The number of rotatable bonds is 4. The van der Waals surface area contributed by atoms with Gasteiger partial charge in [0.05, 0.1) is 24.8 Å². The summed E-state index contributed by atoms with van der Waals surface area (Å²) in [4.78, 5) is 11.2. The highest BCUT2D eigenvalue weighted by Gasteiger charge is 2.20. The van der Waals surface area contributed by atoms with Gasteiger partial charge in [-0.05, 0) is 23.6 Å². The number of ether oxygens (including phenoxy) is 1. The van der Waals surface area contributed by atoms with E-state index in [9.17, 15) is 9.90 Å². The average molecular weight is 274 g/mol. The van der Waals surface area contributed by atoms with Gasteiger partial charge in [-0.3, -0.25) is 0 Å². The lowest BCUT2D eigenvalue weighted by molar-refractivity contribution is 0.0600. The number of benzene rings is 1. The maximum atomic E-state index is 11.2. The van der Waals surface area contributed by atoms with Crippen molar-refractivity contribution in [2.75, 3.05) is 7.11 Å². The maximum Gasteiger partial charge on any atom is 0.337 e. The van der Waals surface area contributed by atoms with Crippen LogP contribution in [0.5, 0.6) is 0 Å². The quantitative estimate of drug-likeness (QED) is 0.822. The Labute approximate surface area is 114 Å². The van der Waals surface area contributed by atoms with Gasteiger partial charge in [0, 0.05) is 0 Å². The number of carbonyl (C=O) groups excluding carboxylic acids is 1. The van der Waals surface area contributed by atoms with Crippen LogP contribution >= 0.6 is 12.4 Å². The normalized spacial score (nSPS) is 13.7. The zero-order valence-corrected chi connectivity index (χ0v) is 11.6. The van der Waals surface area contributed by atoms with Crippen molar-refractivity contribution in [3.63, 3.8) is 0 Å². The number of methoxy groups -OCH3 is 1. The SMILES string of the molecule is COC(=O)c1ccc([C@H](N)[C@H](O)C(C)C)cc1.Cl. The van der Waals surface area contributed by atoms with Gasteiger partial charge in [-0.2, -0.15) is 0 Å². The van der Waals surface area contributed by atoms with Crippen LogP contribution in [0.15, 0.2) is 24.3 Å². The molecule has 3 N–H and O–H groups in total. The third kappa shape index (κ3) is 3.98. The predicted octanol–water partition coefficient (Wildman–Crippen LogP) is 1.91. The zero-order valence-electron chi connectivity index (χ0n) is 10.8. The van der Waals surface area contributed by atoms with E-state index in [1.807, 2.05) is 13.8 Å². The van der Waals surface area contributed by atoms with Crippen molar-refractivity contribution < 1.29 is 14.6 Å². The maximum absolute atomic E-state index is 11.2. The van der Waals surface area contributed by atoms with E-state index in [2.05, 4.69) is 4.74 Å². The smallest absolute Gasteiger partial charge is 0.337 e. The van der Waals surface area contributed by atoms with Crippen molar-refractivity contribution in [2.24, 2.45) is 11.7 Å². The largest absolute Gasteiger partial charge is 0.465 e. The molecule has 0 radical (unpaired) electrons. The predicted molar refractivity (Wildman–Crippen MR) is 72.8 cm³/mol. The van der Waals surface area contributed by atoms with Crippen molar-refractivity contribution in [2.45, 2.75) is 26.0 Å². The van der Waals surface area contributed by atoms with Crippen LogP contribution in [0.4, 0.5) is 0 Å². The topological polar surface area (TPSA) is 72.5 Å². The van der Waals surface area contributed by atoms with Crippen LogP contribution in [0, 0.1) is 5.92 Å². The number of halogens is 1. The fraction of sp³-hybridized carbons (Fsp3) is 0.462. The number of aliphatic hydroxyl groups excluding tert-OH is 1.